The van der Waals surface area contributed by atoms with Gasteiger partial charge in [0.05, 0.1) is 19.9 Å². The average Bonchev–Trinajstić information content (AvgIpc) is 3.35. The number of nitrogens with zero attached hydrogens (tertiary/aromatic N) is 3. The molecule has 2 aliphatic rings. The van der Waals surface area contributed by atoms with Crippen molar-refractivity contribution in [2.24, 2.45) is 0 Å². The highest BCUT2D eigenvalue weighted by molar-refractivity contribution is 6.30. The van der Waals surface area contributed by atoms with Crippen molar-refractivity contribution in [1.82, 2.24) is 14.8 Å². The largest absolute Gasteiger partial charge is 0.493 e. The fourth-order valence-electron chi connectivity index (χ4n) is 4.78. The fraction of sp³-hybridized carbons (Fsp3) is 0.154. The molecule has 0 amide bonds. The summed E-state index contributed by atoms with van der Waals surface area (Å²) in [5.74, 6) is 2.04. The van der Waals surface area contributed by atoms with Gasteiger partial charge in [-0.1, -0.05) is 35.9 Å². The Labute approximate surface area is 205 Å². The molecule has 176 valence electrons. The van der Waals surface area contributed by atoms with E-state index in [4.69, 9.17) is 25.8 Å². The smallest absolute Gasteiger partial charge is 0.226 e. The topological polar surface area (TPSA) is 70.4 Å². The number of ether oxygens (including phenoxy) is 3. The molecule has 7 nitrogen and oxygen atoms in total. The average molecular weight is 491 g/mol. The Morgan fingerprint density at radius 2 is 1.89 bits per heavy atom. The molecule has 0 fully saturated rings. The maximum absolute atomic E-state index is 13.9. The summed E-state index contributed by atoms with van der Waals surface area (Å²) in [5, 5.41) is 8.48. The zero-order valence-electron chi connectivity index (χ0n) is 18.8. The molecular formula is C26H20ClFN4O3. The molecule has 0 radical (unpaired) electrons. The molecule has 2 atom stereocenters. The van der Waals surface area contributed by atoms with Crippen LogP contribution in [-0.4, -0.2) is 29.0 Å². The van der Waals surface area contributed by atoms with Crippen molar-refractivity contribution in [3.8, 4) is 17.2 Å². The number of para-hydroxylation sites is 1. The van der Waals surface area contributed by atoms with Gasteiger partial charge in [-0.3, -0.25) is 0 Å². The Bertz CT molecular complexity index is 1470. The van der Waals surface area contributed by atoms with Gasteiger partial charge in [0.25, 0.3) is 0 Å². The summed E-state index contributed by atoms with van der Waals surface area (Å²) in [6.45, 7) is 0. The monoisotopic (exact) mass is 490 g/mol. The standard InChI is InChI=1S/C26H20ClFN4O3/c1-33-20-5-3-4-17(24(20)34-2)25-21-22(18-12-15(27)8-11-19(18)35-25)31-26-29-13-30-32(26)23(21)14-6-9-16(28)10-7-14/h3-13,23,25H,1-2H3,(H,29,30,31)/t23-,25-/m0/s1. The van der Waals surface area contributed by atoms with Gasteiger partial charge in [0.1, 0.15) is 23.9 Å². The lowest BCUT2D eigenvalue weighted by Crippen LogP contribution is -2.32. The first-order valence-electron chi connectivity index (χ1n) is 10.9. The normalized spacial score (nSPS) is 18.1. The van der Waals surface area contributed by atoms with E-state index in [1.165, 1.54) is 18.5 Å². The van der Waals surface area contributed by atoms with Crippen LogP contribution in [0.25, 0.3) is 5.70 Å². The van der Waals surface area contributed by atoms with Crippen molar-refractivity contribution in [2.75, 3.05) is 19.5 Å². The molecular weight excluding hydrogens is 471 g/mol. The zero-order chi connectivity index (χ0) is 24.1. The number of benzene rings is 3. The van der Waals surface area contributed by atoms with Crippen molar-refractivity contribution >= 4 is 23.2 Å². The van der Waals surface area contributed by atoms with Gasteiger partial charge in [0.2, 0.25) is 5.95 Å². The maximum Gasteiger partial charge on any atom is 0.226 e. The van der Waals surface area contributed by atoms with E-state index in [2.05, 4.69) is 15.4 Å². The van der Waals surface area contributed by atoms with Crippen molar-refractivity contribution in [2.45, 2.75) is 12.1 Å². The molecule has 3 aromatic carbocycles. The Hall–Kier alpha value is -4.04. The highest BCUT2D eigenvalue weighted by atomic mass is 35.5. The minimum absolute atomic E-state index is 0.321. The highest BCUT2D eigenvalue weighted by Gasteiger charge is 2.42. The highest BCUT2D eigenvalue weighted by Crippen LogP contribution is 2.53. The van der Waals surface area contributed by atoms with Crippen molar-refractivity contribution in [1.29, 1.82) is 0 Å². The van der Waals surface area contributed by atoms with Gasteiger partial charge in [0.15, 0.2) is 17.6 Å². The Morgan fingerprint density at radius 3 is 2.66 bits per heavy atom. The molecule has 4 aromatic rings. The van der Waals surface area contributed by atoms with Crippen LogP contribution in [0.1, 0.15) is 28.8 Å². The van der Waals surface area contributed by atoms with Crippen LogP contribution in [0.3, 0.4) is 0 Å². The Morgan fingerprint density at radius 1 is 1.06 bits per heavy atom. The van der Waals surface area contributed by atoms with Crippen molar-refractivity contribution in [3.05, 3.63) is 100 Å². The van der Waals surface area contributed by atoms with Gasteiger partial charge in [-0.25, -0.2) is 9.07 Å². The van der Waals surface area contributed by atoms with E-state index in [0.717, 1.165) is 28.0 Å². The summed E-state index contributed by atoms with van der Waals surface area (Å²) in [7, 11) is 3.19. The lowest BCUT2D eigenvalue weighted by Gasteiger charge is -2.39. The SMILES string of the molecule is COc1cccc([C@@H]2Oc3ccc(Cl)cc3C3=C2[C@H](c2ccc(F)cc2)n2ncnc2N3)c1OC. The van der Waals surface area contributed by atoms with E-state index in [9.17, 15) is 4.39 Å². The Kier molecular flexibility index (Phi) is 5.11. The van der Waals surface area contributed by atoms with E-state index in [0.29, 0.717) is 28.2 Å². The summed E-state index contributed by atoms with van der Waals surface area (Å²) in [5.41, 5.74) is 4.06. The molecule has 2 aliphatic heterocycles. The van der Waals surface area contributed by atoms with Crippen LogP contribution in [0.2, 0.25) is 5.02 Å². The van der Waals surface area contributed by atoms with Crippen LogP contribution >= 0.6 is 11.6 Å². The second-order valence-corrected chi connectivity index (χ2v) is 8.60. The molecule has 0 bridgehead atoms. The number of rotatable bonds is 4. The first-order valence-corrected chi connectivity index (χ1v) is 11.3. The number of methoxy groups -OCH3 is 2. The van der Waals surface area contributed by atoms with Gasteiger partial charge in [-0.05, 0) is 42.0 Å². The van der Waals surface area contributed by atoms with Crippen LogP contribution in [0.4, 0.5) is 10.3 Å². The third-order valence-electron chi connectivity index (χ3n) is 6.28. The van der Waals surface area contributed by atoms with Gasteiger partial charge >= 0.3 is 0 Å². The third-order valence-corrected chi connectivity index (χ3v) is 6.51. The van der Waals surface area contributed by atoms with E-state index < -0.39 is 12.1 Å². The Balaban J connectivity index is 1.65. The lowest BCUT2D eigenvalue weighted by molar-refractivity contribution is 0.216. The molecule has 1 aromatic heterocycles. The van der Waals surface area contributed by atoms with E-state index in [-0.39, 0.29) is 5.82 Å². The van der Waals surface area contributed by atoms with E-state index in [1.807, 2.05) is 30.3 Å². The molecule has 1 N–H and O–H groups in total. The van der Waals surface area contributed by atoms with Crippen LogP contribution in [0.5, 0.6) is 17.2 Å². The molecule has 0 aliphatic carbocycles. The maximum atomic E-state index is 13.9. The molecule has 0 saturated carbocycles. The van der Waals surface area contributed by atoms with Crippen LogP contribution in [0.15, 0.2) is 72.6 Å². The summed E-state index contributed by atoms with van der Waals surface area (Å²) in [6, 6.07) is 17.1. The number of fused-ring (bicyclic) bond motifs is 3. The first kappa shape index (κ1) is 21.5. The van der Waals surface area contributed by atoms with Crippen LogP contribution < -0.4 is 19.5 Å². The second-order valence-electron chi connectivity index (χ2n) is 8.16. The summed E-state index contributed by atoms with van der Waals surface area (Å²) in [6.07, 6.45) is 0.904. The van der Waals surface area contributed by atoms with Gasteiger partial charge in [0, 0.05) is 21.7 Å². The molecule has 0 saturated heterocycles. The second kappa shape index (κ2) is 8.32. The molecule has 3 heterocycles. The van der Waals surface area contributed by atoms with Crippen LogP contribution in [0, 0.1) is 5.82 Å². The van der Waals surface area contributed by atoms with Gasteiger partial charge in [-0.15, -0.1) is 0 Å². The lowest BCUT2D eigenvalue weighted by atomic mass is 9.84. The summed E-state index contributed by atoms with van der Waals surface area (Å²) >= 11 is 6.38. The van der Waals surface area contributed by atoms with Gasteiger partial charge in [-0.2, -0.15) is 10.1 Å². The van der Waals surface area contributed by atoms with Crippen molar-refractivity contribution in [3.63, 3.8) is 0 Å². The minimum atomic E-state index is -0.580. The number of nitrogens with one attached hydrogen (secondary N) is 1. The number of hydrogen-bond donors (Lipinski definition) is 1. The number of anilines is 1. The van der Waals surface area contributed by atoms with Crippen LogP contribution in [-0.2, 0) is 0 Å². The molecule has 35 heavy (non-hydrogen) atoms. The molecule has 6 rings (SSSR count). The predicted octanol–water partition coefficient (Wildman–Crippen LogP) is 5.65. The van der Waals surface area contributed by atoms with Gasteiger partial charge < -0.3 is 19.5 Å². The zero-order valence-corrected chi connectivity index (χ0v) is 19.6. The number of hydrogen-bond acceptors (Lipinski definition) is 6. The quantitative estimate of drug-likeness (QED) is 0.399. The first-order chi connectivity index (χ1) is 17.1. The number of halogens is 2. The minimum Gasteiger partial charge on any atom is -0.493 e. The third kappa shape index (κ3) is 3.40. The van der Waals surface area contributed by atoms with E-state index in [1.54, 1.807) is 37.1 Å². The molecule has 0 spiro atoms. The number of aromatic nitrogens is 3. The van der Waals surface area contributed by atoms with E-state index >= 15 is 0 Å². The fourth-order valence-corrected chi connectivity index (χ4v) is 4.96. The summed E-state index contributed by atoms with van der Waals surface area (Å²) in [4.78, 5) is 4.41. The molecule has 9 heteroatoms. The summed E-state index contributed by atoms with van der Waals surface area (Å²) < 4.78 is 33.6. The molecule has 0 unspecified atom stereocenters. The predicted molar refractivity (Wildman–Crippen MR) is 129 cm³/mol. The van der Waals surface area contributed by atoms with Crippen molar-refractivity contribution < 1.29 is 18.6 Å².